The van der Waals surface area contributed by atoms with Gasteiger partial charge in [-0.3, -0.25) is 9.59 Å². The molecule has 0 aliphatic heterocycles. The fourth-order valence-corrected chi connectivity index (χ4v) is 3.77. The summed E-state index contributed by atoms with van der Waals surface area (Å²) in [6.07, 6.45) is 3.43. The summed E-state index contributed by atoms with van der Waals surface area (Å²) in [4.78, 5) is 27.9. The Labute approximate surface area is 193 Å². The van der Waals surface area contributed by atoms with E-state index in [0.29, 0.717) is 17.2 Å². The lowest BCUT2D eigenvalue weighted by Crippen LogP contribution is -2.39. The molecule has 1 atom stereocenters. The number of rotatable bonds is 13. The molecule has 0 aromatic heterocycles. The number of hydrogen-bond acceptors (Lipinski definition) is 3. The highest BCUT2D eigenvalue weighted by Crippen LogP contribution is 2.12. The van der Waals surface area contributed by atoms with Gasteiger partial charge in [-0.25, -0.2) is 0 Å². The molecule has 2 aromatic carbocycles. The van der Waals surface area contributed by atoms with Gasteiger partial charge in [-0.15, -0.1) is 0 Å². The number of nitrogens with one attached hydrogen (secondary N) is 2. The Morgan fingerprint density at radius 3 is 2.19 bits per heavy atom. The lowest BCUT2D eigenvalue weighted by atomic mass is 10.0. The third kappa shape index (κ3) is 8.46. The second-order valence-electron chi connectivity index (χ2n) is 8.63. The van der Waals surface area contributed by atoms with E-state index in [0.717, 1.165) is 45.3 Å². The zero-order chi connectivity index (χ0) is 23.3. The van der Waals surface area contributed by atoms with E-state index in [-0.39, 0.29) is 17.9 Å². The molecule has 0 bridgehead atoms. The molecular formula is C27H39N3O2. The fourth-order valence-electron chi connectivity index (χ4n) is 3.77. The number of amides is 2. The van der Waals surface area contributed by atoms with Crippen LogP contribution in [-0.4, -0.2) is 48.4 Å². The van der Waals surface area contributed by atoms with Crippen LogP contribution in [0, 0.1) is 0 Å². The van der Waals surface area contributed by atoms with Crippen molar-refractivity contribution in [3.05, 3.63) is 71.3 Å². The summed E-state index contributed by atoms with van der Waals surface area (Å²) in [5, 5.41) is 6.63. The van der Waals surface area contributed by atoms with Gasteiger partial charge < -0.3 is 15.5 Å². The predicted molar refractivity (Wildman–Crippen MR) is 132 cm³/mol. The lowest BCUT2D eigenvalue weighted by molar-refractivity contribution is 0.0755. The quantitative estimate of drug-likeness (QED) is 0.478. The van der Waals surface area contributed by atoms with E-state index in [4.69, 9.17) is 0 Å². The largest absolute Gasteiger partial charge is 0.349 e. The van der Waals surface area contributed by atoms with Crippen molar-refractivity contribution in [3.8, 4) is 0 Å². The van der Waals surface area contributed by atoms with Crippen LogP contribution >= 0.6 is 0 Å². The molecule has 0 aliphatic rings. The first-order chi connectivity index (χ1) is 15.4. The molecule has 0 heterocycles. The summed E-state index contributed by atoms with van der Waals surface area (Å²) in [6, 6.07) is 17.7. The summed E-state index contributed by atoms with van der Waals surface area (Å²) in [5.74, 6) is -0.145. The maximum absolute atomic E-state index is 13.1. The van der Waals surface area contributed by atoms with Crippen LogP contribution in [0.5, 0.6) is 0 Å². The Balaban J connectivity index is 2.12. The smallest absolute Gasteiger partial charge is 0.253 e. The van der Waals surface area contributed by atoms with Crippen molar-refractivity contribution in [1.29, 1.82) is 0 Å². The van der Waals surface area contributed by atoms with Crippen LogP contribution in [0.4, 0.5) is 0 Å². The summed E-state index contributed by atoms with van der Waals surface area (Å²) < 4.78 is 0. The van der Waals surface area contributed by atoms with E-state index >= 15 is 0 Å². The monoisotopic (exact) mass is 437 g/mol. The molecule has 0 unspecified atom stereocenters. The first kappa shape index (κ1) is 25.6. The average Bonchev–Trinajstić information content (AvgIpc) is 2.79. The number of benzene rings is 2. The Bertz CT molecular complexity index is 830. The van der Waals surface area contributed by atoms with Crippen LogP contribution in [0.1, 0.15) is 73.2 Å². The van der Waals surface area contributed by atoms with Gasteiger partial charge in [0.15, 0.2) is 0 Å². The minimum absolute atomic E-state index is 0.00666. The van der Waals surface area contributed by atoms with Crippen LogP contribution < -0.4 is 10.6 Å². The standard InChI is InChI=1S/C27H39N3O2/c1-5-17-30(18-6-2)27(32)24-14-10-13-23(20-24)26(31)29-25(15-16-28-21(3)4)19-22-11-8-7-9-12-22/h7-14,20-21,25,28H,5-6,15-19H2,1-4H3,(H,29,31)/t25-/m1/s1. The molecule has 2 amide bonds. The van der Waals surface area contributed by atoms with Crippen molar-refractivity contribution in [2.45, 2.75) is 65.5 Å². The van der Waals surface area contributed by atoms with E-state index in [1.54, 1.807) is 24.3 Å². The Kier molecular flexibility index (Phi) is 10.9. The fraction of sp³-hybridized carbons (Fsp3) is 0.481. The molecule has 0 fully saturated rings. The van der Waals surface area contributed by atoms with Crippen LogP contribution in [0.2, 0.25) is 0 Å². The zero-order valence-corrected chi connectivity index (χ0v) is 20.1. The number of nitrogens with zero attached hydrogens (tertiary/aromatic N) is 1. The lowest BCUT2D eigenvalue weighted by Gasteiger charge is -2.22. The Hall–Kier alpha value is -2.66. The van der Waals surface area contributed by atoms with Gasteiger partial charge in [0.25, 0.3) is 11.8 Å². The van der Waals surface area contributed by atoms with Crippen LogP contribution in [-0.2, 0) is 6.42 Å². The van der Waals surface area contributed by atoms with Crippen molar-refractivity contribution in [1.82, 2.24) is 15.5 Å². The molecule has 5 heteroatoms. The van der Waals surface area contributed by atoms with Gasteiger partial charge >= 0.3 is 0 Å². The summed E-state index contributed by atoms with van der Waals surface area (Å²) in [6.45, 7) is 10.7. The molecule has 0 saturated carbocycles. The molecular weight excluding hydrogens is 398 g/mol. The number of carbonyl (C=O) groups is 2. The van der Waals surface area contributed by atoms with E-state index < -0.39 is 0 Å². The van der Waals surface area contributed by atoms with E-state index in [1.807, 2.05) is 23.1 Å². The van der Waals surface area contributed by atoms with Crippen molar-refractivity contribution in [2.75, 3.05) is 19.6 Å². The predicted octanol–water partition coefficient (Wildman–Crippen LogP) is 4.68. The third-order valence-electron chi connectivity index (χ3n) is 5.35. The van der Waals surface area contributed by atoms with Crippen LogP contribution in [0.3, 0.4) is 0 Å². The van der Waals surface area contributed by atoms with Gasteiger partial charge in [-0.2, -0.15) is 0 Å². The van der Waals surface area contributed by atoms with Crippen LogP contribution in [0.25, 0.3) is 0 Å². The third-order valence-corrected chi connectivity index (χ3v) is 5.35. The van der Waals surface area contributed by atoms with E-state index in [1.165, 1.54) is 5.56 Å². The highest BCUT2D eigenvalue weighted by molar-refractivity contribution is 5.99. The van der Waals surface area contributed by atoms with Gasteiger partial charge in [-0.05, 0) is 56.0 Å². The van der Waals surface area contributed by atoms with Gasteiger partial charge in [0, 0.05) is 36.3 Å². The Morgan fingerprint density at radius 1 is 0.906 bits per heavy atom. The van der Waals surface area contributed by atoms with Crippen LogP contribution in [0.15, 0.2) is 54.6 Å². The molecule has 2 N–H and O–H groups in total. The highest BCUT2D eigenvalue weighted by atomic mass is 16.2. The van der Waals surface area contributed by atoms with Gasteiger partial charge in [0.1, 0.15) is 0 Å². The second-order valence-corrected chi connectivity index (χ2v) is 8.63. The van der Waals surface area contributed by atoms with E-state index in [2.05, 4.69) is 50.5 Å². The summed E-state index contributed by atoms with van der Waals surface area (Å²) in [5.41, 5.74) is 2.29. The molecule has 174 valence electrons. The van der Waals surface area contributed by atoms with Gasteiger partial charge in [0.05, 0.1) is 0 Å². The van der Waals surface area contributed by atoms with Crippen molar-refractivity contribution >= 4 is 11.8 Å². The van der Waals surface area contributed by atoms with Crippen molar-refractivity contribution < 1.29 is 9.59 Å². The summed E-state index contributed by atoms with van der Waals surface area (Å²) >= 11 is 0. The number of hydrogen-bond donors (Lipinski definition) is 2. The Morgan fingerprint density at radius 2 is 1.56 bits per heavy atom. The minimum Gasteiger partial charge on any atom is -0.349 e. The van der Waals surface area contributed by atoms with Crippen molar-refractivity contribution in [2.24, 2.45) is 0 Å². The maximum atomic E-state index is 13.1. The molecule has 2 aromatic rings. The molecule has 2 rings (SSSR count). The summed E-state index contributed by atoms with van der Waals surface area (Å²) in [7, 11) is 0. The normalized spacial score (nSPS) is 11.9. The number of carbonyl (C=O) groups excluding carboxylic acids is 2. The average molecular weight is 438 g/mol. The molecule has 0 aliphatic carbocycles. The first-order valence-corrected chi connectivity index (χ1v) is 11.9. The molecule has 0 radical (unpaired) electrons. The maximum Gasteiger partial charge on any atom is 0.253 e. The second kappa shape index (κ2) is 13.7. The van der Waals surface area contributed by atoms with Crippen molar-refractivity contribution in [3.63, 3.8) is 0 Å². The first-order valence-electron chi connectivity index (χ1n) is 11.9. The van der Waals surface area contributed by atoms with Gasteiger partial charge in [-0.1, -0.05) is 64.1 Å². The molecule has 0 spiro atoms. The SMILES string of the molecule is CCCN(CCC)C(=O)c1cccc(C(=O)N[C@H](CCNC(C)C)Cc2ccccc2)c1. The highest BCUT2D eigenvalue weighted by Gasteiger charge is 2.18. The zero-order valence-electron chi connectivity index (χ0n) is 20.1. The molecule has 5 nitrogen and oxygen atoms in total. The topological polar surface area (TPSA) is 61.4 Å². The van der Waals surface area contributed by atoms with E-state index in [9.17, 15) is 9.59 Å². The molecule has 0 saturated heterocycles. The van der Waals surface area contributed by atoms with Gasteiger partial charge in [0.2, 0.25) is 0 Å². The molecule has 32 heavy (non-hydrogen) atoms. The minimum atomic E-state index is -0.136.